The Hall–Kier alpha value is -1.13. The largest absolute Gasteiger partial charge is 0.394 e. The lowest BCUT2D eigenvalue weighted by atomic mass is 9.92. The van der Waals surface area contributed by atoms with E-state index in [1.54, 1.807) is 20.0 Å². The average Bonchev–Trinajstić information content (AvgIpc) is 2.03. The van der Waals surface area contributed by atoms with Gasteiger partial charge in [0.1, 0.15) is 0 Å². The Morgan fingerprint density at radius 3 is 2.77 bits per heavy atom. The monoisotopic (exact) mass is 182 g/mol. The zero-order valence-corrected chi connectivity index (χ0v) is 7.79. The zero-order chi connectivity index (χ0) is 10.1. The van der Waals surface area contributed by atoms with E-state index in [1.165, 1.54) is 6.07 Å². The molecule has 1 aromatic heterocycles. The van der Waals surface area contributed by atoms with Crippen molar-refractivity contribution in [3.05, 3.63) is 33.7 Å². The Bertz CT molecular complexity index is 355. The summed E-state index contributed by atoms with van der Waals surface area (Å²) in [7, 11) is 0. The van der Waals surface area contributed by atoms with E-state index in [4.69, 9.17) is 10.8 Å². The minimum atomic E-state index is -0.797. The van der Waals surface area contributed by atoms with Crippen LogP contribution in [0, 0.1) is 6.92 Å². The molecule has 0 radical (unpaired) electrons. The number of aryl methyl sites for hydroxylation is 1. The number of aromatic nitrogens is 1. The van der Waals surface area contributed by atoms with E-state index in [0.717, 1.165) is 11.1 Å². The molecule has 0 amide bonds. The van der Waals surface area contributed by atoms with Gasteiger partial charge in [-0.05, 0) is 25.0 Å². The summed E-state index contributed by atoms with van der Waals surface area (Å²) in [5, 5.41) is 9.02. The predicted octanol–water partition coefficient (Wildman–Crippen LogP) is -0.150. The van der Waals surface area contributed by atoms with Crippen molar-refractivity contribution in [1.29, 1.82) is 0 Å². The molecule has 0 fully saturated rings. The Balaban J connectivity index is 3.23. The predicted molar refractivity (Wildman–Crippen MR) is 50.4 cm³/mol. The molecule has 4 N–H and O–H groups in total. The van der Waals surface area contributed by atoms with E-state index in [0.29, 0.717) is 0 Å². The molecule has 1 aromatic rings. The lowest BCUT2D eigenvalue weighted by Crippen LogP contribution is -2.38. The minimum absolute atomic E-state index is 0.153. The first-order valence-electron chi connectivity index (χ1n) is 4.07. The first-order chi connectivity index (χ1) is 5.97. The van der Waals surface area contributed by atoms with Gasteiger partial charge >= 0.3 is 0 Å². The number of nitrogens with two attached hydrogens (primary N) is 1. The molecule has 4 nitrogen and oxygen atoms in total. The average molecular weight is 182 g/mol. The highest BCUT2D eigenvalue weighted by molar-refractivity contribution is 5.28. The van der Waals surface area contributed by atoms with Gasteiger partial charge in [-0.1, -0.05) is 0 Å². The van der Waals surface area contributed by atoms with Crippen LogP contribution in [-0.4, -0.2) is 16.7 Å². The minimum Gasteiger partial charge on any atom is -0.394 e. The lowest BCUT2D eigenvalue weighted by Gasteiger charge is -2.23. The normalized spacial score (nSPS) is 15.4. The maximum absolute atomic E-state index is 10.9. The van der Waals surface area contributed by atoms with E-state index in [-0.39, 0.29) is 12.2 Å². The molecule has 13 heavy (non-hydrogen) atoms. The second-order valence-corrected chi connectivity index (χ2v) is 3.47. The third-order valence-corrected chi connectivity index (χ3v) is 2.07. The van der Waals surface area contributed by atoms with Crippen molar-refractivity contribution in [2.45, 2.75) is 19.4 Å². The Kier molecular flexibility index (Phi) is 2.54. The van der Waals surface area contributed by atoms with Crippen molar-refractivity contribution in [1.82, 2.24) is 4.98 Å². The molecule has 0 spiro atoms. The maximum atomic E-state index is 10.9. The quantitative estimate of drug-likeness (QED) is 0.595. The summed E-state index contributed by atoms with van der Waals surface area (Å²) in [6.45, 7) is 3.36. The van der Waals surface area contributed by atoms with Crippen LogP contribution >= 0.6 is 0 Å². The van der Waals surface area contributed by atoms with Gasteiger partial charge in [-0.2, -0.15) is 0 Å². The van der Waals surface area contributed by atoms with Gasteiger partial charge in [-0.25, -0.2) is 0 Å². The summed E-state index contributed by atoms with van der Waals surface area (Å²) >= 11 is 0. The van der Waals surface area contributed by atoms with Gasteiger partial charge in [-0.15, -0.1) is 0 Å². The fourth-order valence-electron chi connectivity index (χ4n) is 1.27. The molecule has 0 bridgehead atoms. The molecule has 0 saturated heterocycles. The van der Waals surface area contributed by atoms with Crippen molar-refractivity contribution in [3.8, 4) is 0 Å². The van der Waals surface area contributed by atoms with Crippen molar-refractivity contribution >= 4 is 0 Å². The summed E-state index contributed by atoms with van der Waals surface area (Å²) in [6, 6.07) is 1.47. The SMILES string of the molecule is Cc1cc(=O)[nH]cc1[C@@](C)(N)CO. The smallest absolute Gasteiger partial charge is 0.248 e. The topological polar surface area (TPSA) is 79.1 Å². The lowest BCUT2D eigenvalue weighted by molar-refractivity contribution is 0.209. The molecule has 1 heterocycles. The molecule has 72 valence electrons. The van der Waals surface area contributed by atoms with Crippen LogP contribution in [0.4, 0.5) is 0 Å². The third kappa shape index (κ3) is 1.96. The van der Waals surface area contributed by atoms with Crippen molar-refractivity contribution in [2.24, 2.45) is 5.73 Å². The van der Waals surface area contributed by atoms with Crippen molar-refractivity contribution in [3.63, 3.8) is 0 Å². The Morgan fingerprint density at radius 2 is 2.31 bits per heavy atom. The molecule has 4 heteroatoms. The summed E-state index contributed by atoms with van der Waals surface area (Å²) in [5.74, 6) is 0. The van der Waals surface area contributed by atoms with Gasteiger partial charge in [-0.3, -0.25) is 4.79 Å². The standard InChI is InChI=1S/C9H14N2O2/c1-6-3-8(13)11-4-7(6)9(2,10)5-12/h3-4,12H,5,10H2,1-2H3,(H,11,13)/t9-/m0/s1. The third-order valence-electron chi connectivity index (χ3n) is 2.07. The van der Waals surface area contributed by atoms with Gasteiger partial charge in [0, 0.05) is 12.3 Å². The molecule has 0 saturated carbocycles. The molecule has 0 aliphatic heterocycles. The van der Waals surface area contributed by atoms with Crippen molar-refractivity contribution < 1.29 is 5.11 Å². The Labute approximate surface area is 76.4 Å². The van der Waals surface area contributed by atoms with Gasteiger partial charge in [0.15, 0.2) is 0 Å². The number of nitrogens with one attached hydrogen (secondary N) is 1. The molecular weight excluding hydrogens is 168 g/mol. The number of rotatable bonds is 2. The second-order valence-electron chi connectivity index (χ2n) is 3.47. The molecule has 0 aromatic carbocycles. The van der Waals surface area contributed by atoms with E-state index >= 15 is 0 Å². The molecule has 0 aliphatic rings. The molecule has 1 atom stereocenters. The summed E-state index contributed by atoms with van der Waals surface area (Å²) in [4.78, 5) is 13.4. The molecule has 1 rings (SSSR count). The number of H-pyrrole nitrogens is 1. The first kappa shape index (κ1) is 9.95. The van der Waals surface area contributed by atoms with Gasteiger partial charge < -0.3 is 15.8 Å². The van der Waals surface area contributed by atoms with Crippen LogP contribution in [0.1, 0.15) is 18.1 Å². The first-order valence-corrected chi connectivity index (χ1v) is 4.07. The number of hydrogen-bond acceptors (Lipinski definition) is 3. The van der Waals surface area contributed by atoms with Crippen LogP contribution in [0.3, 0.4) is 0 Å². The molecular formula is C9H14N2O2. The van der Waals surface area contributed by atoms with Gasteiger partial charge in [0.2, 0.25) is 5.56 Å². The fourth-order valence-corrected chi connectivity index (χ4v) is 1.27. The highest BCUT2D eigenvalue weighted by atomic mass is 16.3. The zero-order valence-electron chi connectivity index (χ0n) is 7.79. The summed E-state index contributed by atoms with van der Waals surface area (Å²) in [6.07, 6.45) is 1.55. The van der Waals surface area contributed by atoms with Crippen LogP contribution < -0.4 is 11.3 Å². The highest BCUT2D eigenvalue weighted by Crippen LogP contribution is 2.18. The number of aliphatic hydroxyl groups excluding tert-OH is 1. The second kappa shape index (κ2) is 3.32. The van der Waals surface area contributed by atoms with Crippen LogP contribution in [0.2, 0.25) is 0 Å². The van der Waals surface area contributed by atoms with Crippen LogP contribution in [-0.2, 0) is 5.54 Å². The van der Waals surface area contributed by atoms with E-state index in [2.05, 4.69) is 4.98 Å². The van der Waals surface area contributed by atoms with Gasteiger partial charge in [0.05, 0.1) is 12.1 Å². The maximum Gasteiger partial charge on any atom is 0.248 e. The van der Waals surface area contributed by atoms with Crippen LogP contribution in [0.5, 0.6) is 0 Å². The molecule has 0 unspecified atom stereocenters. The number of aliphatic hydroxyl groups is 1. The highest BCUT2D eigenvalue weighted by Gasteiger charge is 2.21. The number of aromatic amines is 1. The number of hydrogen-bond donors (Lipinski definition) is 3. The van der Waals surface area contributed by atoms with E-state index in [9.17, 15) is 4.79 Å². The van der Waals surface area contributed by atoms with Crippen LogP contribution in [0.25, 0.3) is 0 Å². The fraction of sp³-hybridized carbons (Fsp3) is 0.444. The van der Waals surface area contributed by atoms with Crippen molar-refractivity contribution in [2.75, 3.05) is 6.61 Å². The molecule has 0 aliphatic carbocycles. The van der Waals surface area contributed by atoms with E-state index < -0.39 is 5.54 Å². The van der Waals surface area contributed by atoms with Gasteiger partial charge in [0.25, 0.3) is 0 Å². The van der Waals surface area contributed by atoms with Crippen LogP contribution in [0.15, 0.2) is 17.1 Å². The summed E-state index contributed by atoms with van der Waals surface area (Å²) in [5.41, 5.74) is 6.41. The van der Waals surface area contributed by atoms with E-state index in [1.807, 2.05) is 0 Å². The summed E-state index contributed by atoms with van der Waals surface area (Å²) < 4.78 is 0. The number of pyridine rings is 1. The Morgan fingerprint density at radius 1 is 1.69 bits per heavy atom.